The zero-order valence-electron chi connectivity index (χ0n) is 11.2. The number of alkyl halides is 6. The quantitative estimate of drug-likeness (QED) is 0.317. The van der Waals surface area contributed by atoms with Crippen molar-refractivity contribution < 1.29 is 35.8 Å². The first kappa shape index (κ1) is 18.7. The highest BCUT2D eigenvalue weighted by Gasteiger charge is 2.69. The Morgan fingerprint density at radius 2 is 1.32 bits per heavy atom. The molecule has 0 radical (unpaired) electrons. The van der Waals surface area contributed by atoms with Gasteiger partial charge in [-0.1, -0.05) is 19.6 Å². The van der Waals surface area contributed by atoms with Gasteiger partial charge in [-0.25, -0.2) is 0 Å². The molecule has 0 N–H and O–H groups in total. The molecule has 0 aliphatic heterocycles. The van der Waals surface area contributed by atoms with E-state index in [-0.39, 0.29) is 13.5 Å². The first-order chi connectivity index (χ1) is 8.21. The van der Waals surface area contributed by atoms with E-state index in [9.17, 15) is 26.3 Å². The Balaban J connectivity index is 4.41. The van der Waals surface area contributed by atoms with Crippen molar-refractivity contribution in [2.24, 2.45) is 0 Å². The van der Waals surface area contributed by atoms with Gasteiger partial charge in [0.25, 0.3) is 5.60 Å². The highest BCUT2D eigenvalue weighted by Crippen LogP contribution is 2.45. The predicted molar refractivity (Wildman–Crippen MR) is 60.6 cm³/mol. The Labute approximate surface area is 109 Å². The van der Waals surface area contributed by atoms with Gasteiger partial charge < -0.3 is 9.47 Å². The Bertz CT molecular complexity index is 267. The molecular weight excluding hydrogens is 294 g/mol. The summed E-state index contributed by atoms with van der Waals surface area (Å²) < 4.78 is 83.1. The third-order valence-corrected chi connectivity index (χ3v) is 4.21. The number of hydrogen-bond acceptors (Lipinski definition) is 2. The summed E-state index contributed by atoms with van der Waals surface area (Å²) in [6, 6.07) is 0.630. The Morgan fingerprint density at radius 3 is 1.63 bits per heavy atom. The van der Waals surface area contributed by atoms with Crippen LogP contribution in [-0.4, -0.2) is 39.4 Å². The van der Waals surface area contributed by atoms with Crippen molar-refractivity contribution in [3.05, 3.63) is 0 Å². The van der Waals surface area contributed by atoms with Gasteiger partial charge in [0.1, 0.15) is 6.79 Å². The van der Waals surface area contributed by atoms with E-state index >= 15 is 0 Å². The van der Waals surface area contributed by atoms with Crippen LogP contribution in [0.4, 0.5) is 26.3 Å². The van der Waals surface area contributed by atoms with E-state index in [0.29, 0.717) is 6.04 Å². The molecule has 116 valence electrons. The fourth-order valence-electron chi connectivity index (χ4n) is 0.921. The first-order valence-electron chi connectivity index (χ1n) is 5.56. The van der Waals surface area contributed by atoms with Crippen LogP contribution in [0.3, 0.4) is 0 Å². The molecule has 0 unspecified atom stereocenters. The highest BCUT2D eigenvalue weighted by atomic mass is 28.3. The van der Waals surface area contributed by atoms with E-state index in [1.165, 1.54) is 0 Å². The van der Waals surface area contributed by atoms with Gasteiger partial charge in [-0.15, -0.1) is 0 Å². The third kappa shape index (κ3) is 5.70. The van der Waals surface area contributed by atoms with Gasteiger partial charge in [-0.05, 0) is 13.0 Å². The van der Waals surface area contributed by atoms with Crippen LogP contribution in [0.15, 0.2) is 0 Å². The molecule has 0 saturated heterocycles. The van der Waals surface area contributed by atoms with Crippen molar-refractivity contribution in [3.8, 4) is 0 Å². The molecule has 0 saturated carbocycles. The second-order valence-corrected chi connectivity index (χ2v) is 11.1. The molecule has 0 aliphatic rings. The lowest BCUT2D eigenvalue weighted by Gasteiger charge is -2.33. The maximum absolute atomic E-state index is 12.4. The van der Waals surface area contributed by atoms with E-state index in [4.69, 9.17) is 4.74 Å². The molecule has 0 atom stereocenters. The lowest BCUT2D eigenvalue weighted by atomic mass is 10.1. The zero-order chi connectivity index (χ0) is 15.5. The molecule has 2 nitrogen and oxygen atoms in total. The molecule has 0 fully saturated rings. The summed E-state index contributed by atoms with van der Waals surface area (Å²) in [7, 11) is -1.45. The minimum Gasteiger partial charge on any atom is -0.356 e. The molecule has 0 aromatic carbocycles. The Hall–Kier alpha value is -0.283. The van der Waals surface area contributed by atoms with Crippen LogP contribution in [0.25, 0.3) is 0 Å². The molecule has 0 aromatic heterocycles. The van der Waals surface area contributed by atoms with Gasteiger partial charge in [0, 0.05) is 14.7 Å². The molecule has 19 heavy (non-hydrogen) atoms. The Morgan fingerprint density at radius 1 is 0.895 bits per heavy atom. The van der Waals surface area contributed by atoms with Crippen LogP contribution in [0.2, 0.25) is 25.7 Å². The second-order valence-electron chi connectivity index (χ2n) is 5.51. The van der Waals surface area contributed by atoms with Gasteiger partial charge in [0.05, 0.1) is 0 Å². The topological polar surface area (TPSA) is 18.5 Å². The predicted octanol–water partition coefficient (Wildman–Crippen LogP) is 4.20. The summed E-state index contributed by atoms with van der Waals surface area (Å²) in [5.74, 6) is 0. The molecule has 0 amide bonds. The lowest BCUT2D eigenvalue weighted by Crippen LogP contribution is -2.56. The summed E-state index contributed by atoms with van der Waals surface area (Å²) in [5.41, 5.74) is -4.21. The molecule has 9 heteroatoms. The minimum atomic E-state index is -5.55. The van der Waals surface area contributed by atoms with Crippen LogP contribution < -0.4 is 0 Å². The van der Waals surface area contributed by atoms with E-state index in [1.807, 2.05) is 19.6 Å². The molecule has 0 heterocycles. The summed E-state index contributed by atoms with van der Waals surface area (Å²) in [6.45, 7) is 5.02. The Kier molecular flexibility index (Phi) is 5.91. The number of halogens is 6. The zero-order valence-corrected chi connectivity index (χ0v) is 12.2. The van der Waals surface area contributed by atoms with Gasteiger partial charge >= 0.3 is 12.4 Å². The van der Waals surface area contributed by atoms with Crippen molar-refractivity contribution in [1.29, 1.82) is 0 Å². The molecule has 0 spiro atoms. The summed E-state index contributed by atoms with van der Waals surface area (Å²) in [6.07, 6.45) is -11.1. The number of ether oxygens (including phenoxy) is 2. The summed E-state index contributed by atoms with van der Waals surface area (Å²) in [4.78, 5) is 0. The fourth-order valence-corrected chi connectivity index (χ4v) is 1.68. The standard InChI is InChI=1S/C10H18F6O2Si/c1-8(9(11,12)13,10(14,15)16)18-7-17-5-6-19(2,3)4/h5-7H2,1-4H3. The van der Waals surface area contributed by atoms with Crippen molar-refractivity contribution in [1.82, 2.24) is 0 Å². The molecule has 0 aromatic rings. The lowest BCUT2D eigenvalue weighted by molar-refractivity contribution is -0.386. The van der Waals surface area contributed by atoms with Crippen LogP contribution in [0, 0.1) is 0 Å². The van der Waals surface area contributed by atoms with Crippen LogP contribution in [-0.2, 0) is 9.47 Å². The normalized spacial score (nSPS) is 14.8. The van der Waals surface area contributed by atoms with Crippen LogP contribution in [0.1, 0.15) is 6.92 Å². The second kappa shape index (κ2) is 6.00. The van der Waals surface area contributed by atoms with Crippen molar-refractivity contribution in [2.75, 3.05) is 13.4 Å². The van der Waals surface area contributed by atoms with Crippen LogP contribution in [0.5, 0.6) is 0 Å². The van der Waals surface area contributed by atoms with E-state index in [0.717, 1.165) is 0 Å². The first-order valence-corrected chi connectivity index (χ1v) is 9.26. The average Bonchev–Trinajstić information content (AvgIpc) is 2.11. The largest absolute Gasteiger partial charge is 0.426 e. The van der Waals surface area contributed by atoms with Gasteiger partial charge in [0.15, 0.2) is 0 Å². The van der Waals surface area contributed by atoms with E-state index in [2.05, 4.69) is 4.74 Å². The fraction of sp³-hybridized carbons (Fsp3) is 1.00. The molecule has 0 rings (SSSR count). The molecular formula is C10H18F6O2Si. The smallest absolute Gasteiger partial charge is 0.356 e. The summed E-state index contributed by atoms with van der Waals surface area (Å²) >= 11 is 0. The monoisotopic (exact) mass is 312 g/mol. The minimum absolute atomic E-state index is 0.0468. The van der Waals surface area contributed by atoms with Gasteiger partial charge in [0.2, 0.25) is 0 Å². The molecule has 0 aliphatic carbocycles. The number of hydrogen-bond donors (Lipinski definition) is 0. The SMILES string of the molecule is CC(OCOCC[Si](C)(C)C)(C(F)(F)F)C(F)(F)F. The van der Waals surface area contributed by atoms with Gasteiger partial charge in [-0.2, -0.15) is 26.3 Å². The maximum Gasteiger partial charge on any atom is 0.426 e. The van der Waals surface area contributed by atoms with Gasteiger partial charge in [-0.3, -0.25) is 0 Å². The van der Waals surface area contributed by atoms with Crippen molar-refractivity contribution in [2.45, 2.75) is 50.6 Å². The van der Waals surface area contributed by atoms with Crippen molar-refractivity contribution in [3.63, 3.8) is 0 Å². The van der Waals surface area contributed by atoms with E-state index < -0.39 is 32.8 Å². The van der Waals surface area contributed by atoms with Crippen molar-refractivity contribution >= 4 is 8.07 Å². The molecule has 0 bridgehead atoms. The summed E-state index contributed by atoms with van der Waals surface area (Å²) in [5, 5.41) is 0. The van der Waals surface area contributed by atoms with E-state index in [1.54, 1.807) is 0 Å². The third-order valence-electron chi connectivity index (χ3n) is 2.51. The number of rotatable bonds is 6. The maximum atomic E-state index is 12.4. The van der Waals surface area contributed by atoms with Crippen LogP contribution >= 0.6 is 0 Å². The average molecular weight is 312 g/mol. The highest BCUT2D eigenvalue weighted by molar-refractivity contribution is 6.76.